The summed E-state index contributed by atoms with van der Waals surface area (Å²) >= 11 is 0. The lowest BCUT2D eigenvalue weighted by molar-refractivity contribution is -0.123. The van der Waals surface area contributed by atoms with Crippen molar-refractivity contribution in [2.24, 2.45) is 11.5 Å². The number of nitrogens with two attached hydrogens (primary N) is 2. The number of carbonyl (C=O) groups is 1. The van der Waals surface area contributed by atoms with E-state index in [2.05, 4.69) is 12.2 Å². The molecular formula is C15H25N3O. The average Bonchev–Trinajstić information content (AvgIpc) is 2.44. The lowest BCUT2D eigenvalue weighted by Crippen LogP contribution is -2.48. The largest absolute Gasteiger partial charge is 0.351 e. The minimum absolute atomic E-state index is 0.0364. The SMILES string of the molecule is CCCCC(CN)NC(=O)[C@@H](N)Cc1ccccc1. The maximum Gasteiger partial charge on any atom is 0.237 e. The third-order valence-electron chi connectivity index (χ3n) is 3.17. The number of amides is 1. The molecule has 0 radical (unpaired) electrons. The average molecular weight is 263 g/mol. The van der Waals surface area contributed by atoms with Crippen LogP contribution in [0.2, 0.25) is 0 Å². The quantitative estimate of drug-likeness (QED) is 0.659. The topological polar surface area (TPSA) is 81.1 Å². The van der Waals surface area contributed by atoms with Crippen LogP contribution >= 0.6 is 0 Å². The van der Waals surface area contributed by atoms with E-state index in [1.54, 1.807) is 0 Å². The molecule has 0 aliphatic rings. The Bertz CT molecular complexity index is 367. The second-order valence-corrected chi connectivity index (χ2v) is 4.88. The molecule has 106 valence electrons. The van der Waals surface area contributed by atoms with Crippen LogP contribution in [0, 0.1) is 0 Å². The summed E-state index contributed by atoms with van der Waals surface area (Å²) in [6.45, 7) is 2.58. The van der Waals surface area contributed by atoms with Gasteiger partial charge in [0.1, 0.15) is 0 Å². The van der Waals surface area contributed by atoms with E-state index in [-0.39, 0.29) is 11.9 Å². The van der Waals surface area contributed by atoms with Gasteiger partial charge < -0.3 is 16.8 Å². The maximum atomic E-state index is 12.0. The molecule has 0 bridgehead atoms. The normalized spacial score (nSPS) is 13.8. The van der Waals surface area contributed by atoms with E-state index in [4.69, 9.17) is 11.5 Å². The third kappa shape index (κ3) is 5.85. The van der Waals surface area contributed by atoms with Crippen molar-refractivity contribution in [2.45, 2.75) is 44.7 Å². The van der Waals surface area contributed by atoms with E-state index in [9.17, 15) is 4.79 Å². The van der Waals surface area contributed by atoms with Crippen LogP contribution in [0.15, 0.2) is 30.3 Å². The summed E-state index contributed by atoms with van der Waals surface area (Å²) in [5.41, 5.74) is 12.7. The van der Waals surface area contributed by atoms with E-state index >= 15 is 0 Å². The highest BCUT2D eigenvalue weighted by molar-refractivity contribution is 5.82. The molecule has 0 heterocycles. The Morgan fingerprint density at radius 2 is 2.00 bits per heavy atom. The molecule has 0 saturated carbocycles. The van der Waals surface area contributed by atoms with Crippen LogP contribution in [0.1, 0.15) is 31.7 Å². The number of unbranched alkanes of at least 4 members (excludes halogenated alkanes) is 1. The van der Waals surface area contributed by atoms with E-state index < -0.39 is 6.04 Å². The van der Waals surface area contributed by atoms with Crippen molar-refractivity contribution in [3.05, 3.63) is 35.9 Å². The summed E-state index contributed by atoms with van der Waals surface area (Å²) in [7, 11) is 0. The van der Waals surface area contributed by atoms with Gasteiger partial charge in [0, 0.05) is 12.6 Å². The Morgan fingerprint density at radius 1 is 1.32 bits per heavy atom. The second kappa shape index (κ2) is 8.67. The van der Waals surface area contributed by atoms with Gasteiger partial charge in [-0.2, -0.15) is 0 Å². The fourth-order valence-corrected chi connectivity index (χ4v) is 1.97. The monoisotopic (exact) mass is 263 g/mol. The molecule has 0 aliphatic carbocycles. The number of hydrogen-bond acceptors (Lipinski definition) is 3. The zero-order valence-corrected chi connectivity index (χ0v) is 11.6. The molecular weight excluding hydrogens is 238 g/mol. The van der Waals surface area contributed by atoms with Gasteiger partial charge in [0.25, 0.3) is 0 Å². The summed E-state index contributed by atoms with van der Waals surface area (Å²) in [6, 6.07) is 9.32. The molecule has 0 saturated heterocycles. The van der Waals surface area contributed by atoms with Gasteiger partial charge in [-0.05, 0) is 18.4 Å². The molecule has 19 heavy (non-hydrogen) atoms. The smallest absolute Gasteiger partial charge is 0.237 e. The Balaban J connectivity index is 2.43. The van der Waals surface area contributed by atoms with Gasteiger partial charge in [0.2, 0.25) is 5.91 Å². The first-order valence-corrected chi connectivity index (χ1v) is 6.97. The number of rotatable bonds is 8. The Labute approximate surface area is 115 Å². The molecule has 0 aromatic heterocycles. The van der Waals surface area contributed by atoms with Crippen molar-refractivity contribution in [1.82, 2.24) is 5.32 Å². The molecule has 1 aromatic carbocycles. The first kappa shape index (κ1) is 15.7. The van der Waals surface area contributed by atoms with Gasteiger partial charge in [0.05, 0.1) is 6.04 Å². The zero-order valence-electron chi connectivity index (χ0n) is 11.6. The number of carbonyl (C=O) groups excluding carboxylic acids is 1. The summed E-state index contributed by atoms with van der Waals surface area (Å²) in [5, 5.41) is 2.93. The molecule has 4 heteroatoms. The third-order valence-corrected chi connectivity index (χ3v) is 3.17. The van der Waals surface area contributed by atoms with Gasteiger partial charge in [0.15, 0.2) is 0 Å². The van der Waals surface area contributed by atoms with Gasteiger partial charge in [-0.15, -0.1) is 0 Å². The highest BCUT2D eigenvalue weighted by atomic mass is 16.2. The molecule has 1 aromatic rings. The number of nitrogens with one attached hydrogen (secondary N) is 1. The van der Waals surface area contributed by atoms with E-state index in [1.807, 2.05) is 30.3 Å². The van der Waals surface area contributed by atoms with Crippen LogP contribution < -0.4 is 16.8 Å². The van der Waals surface area contributed by atoms with Crippen LogP contribution in [0.5, 0.6) is 0 Å². The molecule has 5 N–H and O–H groups in total. The molecule has 0 aliphatic heterocycles. The summed E-state index contributed by atoms with van der Waals surface area (Å²) in [6.07, 6.45) is 3.63. The predicted octanol–water partition coefficient (Wildman–Crippen LogP) is 1.19. The van der Waals surface area contributed by atoms with E-state index in [0.29, 0.717) is 13.0 Å². The molecule has 1 rings (SSSR count). The van der Waals surface area contributed by atoms with Crippen molar-refractivity contribution in [3.8, 4) is 0 Å². The Hall–Kier alpha value is -1.39. The van der Waals surface area contributed by atoms with Crippen LogP contribution in [0.4, 0.5) is 0 Å². The van der Waals surface area contributed by atoms with Crippen molar-refractivity contribution in [2.75, 3.05) is 6.54 Å². The van der Waals surface area contributed by atoms with Crippen molar-refractivity contribution in [1.29, 1.82) is 0 Å². The summed E-state index contributed by atoms with van der Waals surface area (Å²) in [4.78, 5) is 12.0. The van der Waals surface area contributed by atoms with Gasteiger partial charge in [-0.25, -0.2) is 0 Å². The van der Waals surface area contributed by atoms with E-state index in [1.165, 1.54) is 0 Å². The Morgan fingerprint density at radius 3 is 2.58 bits per heavy atom. The fraction of sp³-hybridized carbons (Fsp3) is 0.533. The predicted molar refractivity (Wildman–Crippen MR) is 78.6 cm³/mol. The van der Waals surface area contributed by atoms with Gasteiger partial charge in [-0.3, -0.25) is 4.79 Å². The molecule has 0 fully saturated rings. The molecule has 0 spiro atoms. The first-order chi connectivity index (χ1) is 9.17. The van der Waals surface area contributed by atoms with E-state index in [0.717, 1.165) is 24.8 Å². The van der Waals surface area contributed by atoms with Gasteiger partial charge in [-0.1, -0.05) is 50.1 Å². The Kier molecular flexibility index (Phi) is 7.15. The molecule has 2 atom stereocenters. The lowest BCUT2D eigenvalue weighted by atomic mass is 10.0. The number of hydrogen-bond donors (Lipinski definition) is 3. The first-order valence-electron chi connectivity index (χ1n) is 6.97. The minimum Gasteiger partial charge on any atom is -0.351 e. The second-order valence-electron chi connectivity index (χ2n) is 4.88. The minimum atomic E-state index is -0.516. The summed E-state index contributed by atoms with van der Waals surface area (Å²) < 4.78 is 0. The van der Waals surface area contributed by atoms with Crippen molar-refractivity contribution < 1.29 is 4.79 Å². The zero-order chi connectivity index (χ0) is 14.1. The van der Waals surface area contributed by atoms with Gasteiger partial charge >= 0.3 is 0 Å². The van der Waals surface area contributed by atoms with Crippen LogP contribution in [-0.4, -0.2) is 24.5 Å². The van der Waals surface area contributed by atoms with Crippen LogP contribution in [0.25, 0.3) is 0 Å². The fourth-order valence-electron chi connectivity index (χ4n) is 1.97. The standard InChI is InChI=1S/C15H25N3O/c1-2-3-9-13(11-16)18-15(19)14(17)10-12-7-5-4-6-8-12/h4-8,13-14H,2-3,9-11,16-17H2,1H3,(H,18,19)/t13?,14-/m0/s1. The molecule has 1 unspecified atom stereocenters. The molecule has 4 nitrogen and oxygen atoms in total. The lowest BCUT2D eigenvalue weighted by Gasteiger charge is -2.19. The van der Waals surface area contributed by atoms with Crippen LogP contribution in [-0.2, 0) is 11.2 Å². The maximum absolute atomic E-state index is 12.0. The number of benzene rings is 1. The van der Waals surface area contributed by atoms with Crippen LogP contribution in [0.3, 0.4) is 0 Å². The highest BCUT2D eigenvalue weighted by Gasteiger charge is 2.17. The summed E-state index contributed by atoms with van der Waals surface area (Å²) in [5.74, 6) is -0.115. The highest BCUT2D eigenvalue weighted by Crippen LogP contribution is 2.03. The van der Waals surface area contributed by atoms with Crippen molar-refractivity contribution >= 4 is 5.91 Å². The van der Waals surface area contributed by atoms with Crippen molar-refractivity contribution in [3.63, 3.8) is 0 Å². The molecule has 1 amide bonds.